The predicted octanol–water partition coefficient (Wildman–Crippen LogP) is 2.60. The third kappa shape index (κ3) is 3.98. The minimum absolute atomic E-state index is 0.0259. The van der Waals surface area contributed by atoms with Crippen molar-refractivity contribution in [1.29, 1.82) is 0 Å². The number of hydrogen-bond acceptors (Lipinski definition) is 2. The standard InChI is InChI=1S/C13H16Cl2N2O2/c14-9-6-11(15)13(19)17(7-9)8-12(18)16-10-4-2-1-3-5-10/h6-7,10H,1-5,8H2,(H,16,18). The quantitative estimate of drug-likeness (QED) is 0.933. The molecule has 6 heteroatoms. The first-order chi connectivity index (χ1) is 9.06. The number of nitrogens with zero attached hydrogens (tertiary/aromatic N) is 1. The Bertz CT molecular complexity index is 522. The van der Waals surface area contributed by atoms with Crippen LogP contribution in [-0.4, -0.2) is 16.5 Å². The Kier molecular flexibility index (Phi) is 4.88. The molecule has 104 valence electrons. The van der Waals surface area contributed by atoms with Crippen LogP contribution in [0.1, 0.15) is 32.1 Å². The van der Waals surface area contributed by atoms with Crippen molar-refractivity contribution in [3.63, 3.8) is 0 Å². The van der Waals surface area contributed by atoms with Gasteiger partial charge in [-0.15, -0.1) is 0 Å². The van der Waals surface area contributed by atoms with Gasteiger partial charge < -0.3 is 9.88 Å². The van der Waals surface area contributed by atoms with Gasteiger partial charge in [0.05, 0.1) is 5.02 Å². The third-order valence-electron chi connectivity index (χ3n) is 3.29. The summed E-state index contributed by atoms with van der Waals surface area (Å²) in [6, 6.07) is 1.60. The van der Waals surface area contributed by atoms with Crippen LogP contribution < -0.4 is 10.9 Å². The first-order valence-electron chi connectivity index (χ1n) is 6.41. The molecule has 19 heavy (non-hydrogen) atoms. The Labute approximate surface area is 121 Å². The largest absolute Gasteiger partial charge is 0.352 e. The van der Waals surface area contributed by atoms with Gasteiger partial charge in [0.1, 0.15) is 11.6 Å². The Hall–Kier alpha value is -1.00. The van der Waals surface area contributed by atoms with Crippen LogP contribution in [0.2, 0.25) is 10.0 Å². The van der Waals surface area contributed by atoms with Crippen LogP contribution in [0.5, 0.6) is 0 Å². The fraction of sp³-hybridized carbons (Fsp3) is 0.538. The van der Waals surface area contributed by atoms with E-state index in [4.69, 9.17) is 23.2 Å². The van der Waals surface area contributed by atoms with Crippen LogP contribution >= 0.6 is 23.2 Å². The van der Waals surface area contributed by atoms with Crippen molar-refractivity contribution in [1.82, 2.24) is 9.88 Å². The van der Waals surface area contributed by atoms with E-state index >= 15 is 0 Å². The molecule has 0 saturated heterocycles. The van der Waals surface area contributed by atoms with Crippen LogP contribution in [0, 0.1) is 0 Å². The maximum absolute atomic E-state index is 11.9. The van der Waals surface area contributed by atoms with Crippen molar-refractivity contribution >= 4 is 29.1 Å². The summed E-state index contributed by atoms with van der Waals surface area (Å²) in [5.74, 6) is -0.174. The molecule has 1 fully saturated rings. The normalized spacial score (nSPS) is 16.3. The van der Waals surface area contributed by atoms with Crippen LogP contribution in [-0.2, 0) is 11.3 Å². The van der Waals surface area contributed by atoms with Crippen LogP contribution in [0.25, 0.3) is 0 Å². The monoisotopic (exact) mass is 302 g/mol. The van der Waals surface area contributed by atoms with Gasteiger partial charge in [-0.25, -0.2) is 0 Å². The number of halogens is 2. The van der Waals surface area contributed by atoms with Crippen molar-refractivity contribution in [3.8, 4) is 0 Å². The molecule has 1 heterocycles. The van der Waals surface area contributed by atoms with Gasteiger partial charge in [0.2, 0.25) is 5.91 Å². The number of carbonyl (C=O) groups excluding carboxylic acids is 1. The average Bonchev–Trinajstić information content (AvgIpc) is 2.36. The van der Waals surface area contributed by atoms with E-state index in [1.165, 1.54) is 23.3 Å². The van der Waals surface area contributed by atoms with E-state index in [1.807, 2.05) is 0 Å². The van der Waals surface area contributed by atoms with E-state index in [9.17, 15) is 9.59 Å². The lowest BCUT2D eigenvalue weighted by Gasteiger charge is -2.22. The number of pyridine rings is 1. The minimum atomic E-state index is -0.398. The molecule has 1 aliphatic rings. The Morgan fingerprint density at radius 3 is 2.68 bits per heavy atom. The number of amides is 1. The zero-order chi connectivity index (χ0) is 13.8. The molecule has 1 aromatic heterocycles. The van der Waals surface area contributed by atoms with Gasteiger partial charge in [-0.1, -0.05) is 42.5 Å². The zero-order valence-electron chi connectivity index (χ0n) is 10.5. The van der Waals surface area contributed by atoms with Crippen molar-refractivity contribution < 1.29 is 4.79 Å². The molecule has 2 rings (SSSR count). The number of nitrogens with one attached hydrogen (secondary N) is 1. The second kappa shape index (κ2) is 6.44. The van der Waals surface area contributed by atoms with Crippen molar-refractivity contribution in [2.24, 2.45) is 0 Å². The van der Waals surface area contributed by atoms with Gasteiger partial charge in [0.15, 0.2) is 0 Å². The summed E-state index contributed by atoms with van der Waals surface area (Å²) in [7, 11) is 0. The summed E-state index contributed by atoms with van der Waals surface area (Å²) in [5.41, 5.74) is -0.398. The Balaban J connectivity index is 2.00. The molecule has 1 aliphatic carbocycles. The van der Waals surface area contributed by atoms with Crippen molar-refractivity contribution in [2.45, 2.75) is 44.7 Å². The highest BCUT2D eigenvalue weighted by Gasteiger charge is 2.16. The molecule has 0 spiro atoms. The summed E-state index contributed by atoms with van der Waals surface area (Å²) in [4.78, 5) is 23.6. The number of rotatable bonds is 3. The second-order valence-corrected chi connectivity index (χ2v) is 5.69. The van der Waals surface area contributed by atoms with Crippen molar-refractivity contribution in [2.75, 3.05) is 0 Å². The van der Waals surface area contributed by atoms with Crippen LogP contribution in [0.15, 0.2) is 17.1 Å². The number of hydrogen-bond donors (Lipinski definition) is 1. The van der Waals surface area contributed by atoms with Gasteiger partial charge >= 0.3 is 0 Å². The lowest BCUT2D eigenvalue weighted by molar-refractivity contribution is -0.122. The number of aromatic nitrogens is 1. The smallest absolute Gasteiger partial charge is 0.269 e. The molecule has 0 atom stereocenters. The molecule has 4 nitrogen and oxygen atoms in total. The first-order valence-corrected chi connectivity index (χ1v) is 7.16. The van der Waals surface area contributed by atoms with E-state index in [0.717, 1.165) is 25.7 Å². The fourth-order valence-electron chi connectivity index (χ4n) is 2.36. The molecule has 0 radical (unpaired) electrons. The molecule has 1 saturated carbocycles. The topological polar surface area (TPSA) is 51.1 Å². The highest BCUT2D eigenvalue weighted by atomic mass is 35.5. The molecule has 1 amide bonds. The van der Waals surface area contributed by atoms with E-state index in [2.05, 4.69) is 5.32 Å². The molecular formula is C13H16Cl2N2O2. The summed E-state index contributed by atoms with van der Waals surface area (Å²) in [5, 5.41) is 3.32. The summed E-state index contributed by atoms with van der Waals surface area (Å²) >= 11 is 11.6. The van der Waals surface area contributed by atoms with E-state index in [1.54, 1.807) is 0 Å². The SMILES string of the molecule is O=C(Cn1cc(Cl)cc(Cl)c1=O)NC1CCCCC1. The van der Waals surface area contributed by atoms with Crippen LogP contribution in [0.4, 0.5) is 0 Å². The van der Waals surface area contributed by atoms with Gasteiger partial charge in [0, 0.05) is 12.2 Å². The minimum Gasteiger partial charge on any atom is -0.352 e. The second-order valence-electron chi connectivity index (χ2n) is 4.84. The molecule has 0 aromatic carbocycles. The molecule has 0 bridgehead atoms. The molecule has 1 N–H and O–H groups in total. The summed E-state index contributed by atoms with van der Waals surface area (Å²) in [6.07, 6.45) is 6.97. The van der Waals surface area contributed by atoms with E-state index in [0.29, 0.717) is 5.02 Å². The molecule has 1 aromatic rings. The summed E-state index contributed by atoms with van der Waals surface area (Å²) < 4.78 is 1.24. The van der Waals surface area contributed by atoms with E-state index in [-0.39, 0.29) is 23.5 Å². The fourth-order valence-corrected chi connectivity index (χ4v) is 2.87. The van der Waals surface area contributed by atoms with Crippen molar-refractivity contribution in [3.05, 3.63) is 32.7 Å². The van der Waals surface area contributed by atoms with Gasteiger partial charge in [0.25, 0.3) is 5.56 Å². The maximum atomic E-state index is 11.9. The first kappa shape index (κ1) is 14.4. The van der Waals surface area contributed by atoms with Crippen LogP contribution in [0.3, 0.4) is 0 Å². The van der Waals surface area contributed by atoms with E-state index < -0.39 is 5.56 Å². The van der Waals surface area contributed by atoms with Gasteiger partial charge in [-0.3, -0.25) is 9.59 Å². The Morgan fingerprint density at radius 2 is 2.00 bits per heavy atom. The van der Waals surface area contributed by atoms with Gasteiger partial charge in [-0.2, -0.15) is 0 Å². The molecular weight excluding hydrogens is 287 g/mol. The average molecular weight is 303 g/mol. The highest BCUT2D eigenvalue weighted by molar-refractivity contribution is 6.34. The Morgan fingerprint density at radius 1 is 1.32 bits per heavy atom. The lowest BCUT2D eigenvalue weighted by atomic mass is 9.95. The third-order valence-corrected chi connectivity index (χ3v) is 3.77. The highest BCUT2D eigenvalue weighted by Crippen LogP contribution is 2.17. The van der Waals surface area contributed by atoms with Gasteiger partial charge in [-0.05, 0) is 18.9 Å². The number of carbonyl (C=O) groups is 1. The predicted molar refractivity (Wildman–Crippen MR) is 75.7 cm³/mol. The molecule has 0 aliphatic heterocycles. The molecule has 0 unspecified atom stereocenters. The zero-order valence-corrected chi connectivity index (χ0v) is 12.0. The lowest BCUT2D eigenvalue weighted by Crippen LogP contribution is -2.39. The maximum Gasteiger partial charge on any atom is 0.269 e. The summed E-state index contributed by atoms with van der Waals surface area (Å²) in [6.45, 7) is -0.0460.